The molecule has 50 valence electrons. The van der Waals surface area contributed by atoms with Crippen molar-refractivity contribution < 1.29 is 14.4 Å². The number of hydrogen-bond acceptors (Lipinski definition) is 3. The third-order valence-corrected chi connectivity index (χ3v) is 3.73. The second-order valence-corrected chi connectivity index (χ2v) is 5.74. The summed E-state index contributed by atoms with van der Waals surface area (Å²) in [5.41, 5.74) is 0. The van der Waals surface area contributed by atoms with Gasteiger partial charge in [-0.05, 0) is 0 Å². The molecule has 0 spiro atoms. The second kappa shape index (κ2) is 3.13. The zero-order valence-corrected chi connectivity index (χ0v) is 10.4. The molecule has 1 fully saturated rings. The summed E-state index contributed by atoms with van der Waals surface area (Å²) in [6.45, 7) is 0. The summed E-state index contributed by atoms with van der Waals surface area (Å²) in [6, 6.07) is 0. The van der Waals surface area contributed by atoms with Gasteiger partial charge < -0.3 is 0 Å². The number of carbonyl (C=O) groups excluding carboxylic acids is 3. The monoisotopic (exact) mass is 215 g/mol. The summed E-state index contributed by atoms with van der Waals surface area (Å²) in [6.07, 6.45) is 0.563. The van der Waals surface area contributed by atoms with Crippen molar-refractivity contribution in [2.45, 2.75) is 7.31 Å². The van der Waals surface area contributed by atoms with Crippen LogP contribution in [-0.4, -0.2) is 66.4 Å². The first-order valence-electron chi connectivity index (χ1n) is 2.98. The van der Waals surface area contributed by atoms with Crippen LogP contribution in [0, 0.1) is 0 Å². The van der Waals surface area contributed by atoms with E-state index < -0.39 is 0 Å². The molecular formula is C5H5NO3Sr. The molecule has 1 aliphatic rings. The van der Waals surface area contributed by atoms with E-state index in [9.17, 15) is 14.4 Å². The van der Waals surface area contributed by atoms with Crippen LogP contribution in [0.25, 0.3) is 0 Å². The van der Waals surface area contributed by atoms with Crippen molar-refractivity contribution in [3.05, 3.63) is 0 Å². The molecule has 1 rings (SSSR count). The molecule has 0 aromatic rings. The van der Waals surface area contributed by atoms with Crippen LogP contribution in [-0.2, 0) is 14.4 Å². The number of carbonyl (C=O) groups is 3. The summed E-state index contributed by atoms with van der Waals surface area (Å²) in [7, 11) is 0. The van der Waals surface area contributed by atoms with E-state index in [0.29, 0.717) is 11.3 Å². The summed E-state index contributed by atoms with van der Waals surface area (Å²) in [5, 5.41) is 0. The first-order chi connectivity index (χ1) is 4.66. The van der Waals surface area contributed by atoms with E-state index in [0.717, 1.165) is 0 Å². The molecule has 5 heteroatoms. The summed E-state index contributed by atoms with van der Waals surface area (Å²) >= 11 is 0.144. The van der Waals surface area contributed by atoms with E-state index in [-0.39, 0.29) is 62.4 Å². The van der Waals surface area contributed by atoms with Gasteiger partial charge in [0.1, 0.15) is 0 Å². The fourth-order valence-corrected chi connectivity index (χ4v) is 2.46. The van der Waals surface area contributed by atoms with Crippen LogP contribution in [0.4, 0.5) is 0 Å². The Morgan fingerprint density at radius 2 is 2.20 bits per heavy atom. The zero-order valence-electron chi connectivity index (χ0n) is 5.53. The van der Waals surface area contributed by atoms with Crippen LogP contribution < -0.4 is 0 Å². The minimum atomic E-state index is -0.343. The molecular weight excluding hydrogens is 210 g/mol. The Hall–Kier alpha value is 0.291. The van der Waals surface area contributed by atoms with Crippen molar-refractivity contribution in [1.29, 1.82) is 0 Å². The van der Waals surface area contributed by atoms with Crippen molar-refractivity contribution in [2.75, 3.05) is 0 Å². The number of likely N-dealkylation sites (tertiary alicyclic amines) is 1. The summed E-state index contributed by atoms with van der Waals surface area (Å²) in [5.74, 6) is -0.639. The van der Waals surface area contributed by atoms with Gasteiger partial charge in [0.25, 0.3) is 0 Å². The molecule has 0 radical (unpaired) electrons. The SMILES string of the molecule is O=CN1C(=O)C[CH]([SrH])C1=O. The van der Waals surface area contributed by atoms with Crippen LogP contribution in [0.1, 0.15) is 6.42 Å². The number of amides is 3. The molecule has 3 amide bonds. The minimum absolute atomic E-state index is 0.112. The molecule has 1 saturated heterocycles. The van der Waals surface area contributed by atoms with Gasteiger partial charge in [0.05, 0.1) is 0 Å². The van der Waals surface area contributed by atoms with E-state index in [1.165, 1.54) is 0 Å². The first-order valence-corrected chi connectivity index (χ1v) is 5.82. The van der Waals surface area contributed by atoms with E-state index >= 15 is 0 Å². The quantitative estimate of drug-likeness (QED) is 0.306. The Labute approximate surface area is 87.1 Å². The third-order valence-electron chi connectivity index (χ3n) is 1.51. The van der Waals surface area contributed by atoms with Crippen LogP contribution in [0.3, 0.4) is 0 Å². The molecule has 0 aromatic heterocycles. The molecule has 1 atom stereocenters. The van der Waals surface area contributed by atoms with E-state index in [1.54, 1.807) is 0 Å². The van der Waals surface area contributed by atoms with Gasteiger partial charge in [-0.3, -0.25) is 0 Å². The van der Waals surface area contributed by atoms with Crippen LogP contribution in [0.15, 0.2) is 0 Å². The van der Waals surface area contributed by atoms with E-state index in [1.807, 2.05) is 0 Å². The predicted molar refractivity (Wildman–Crippen MR) is 33.4 cm³/mol. The normalized spacial score (nSPS) is 25.5. The topological polar surface area (TPSA) is 54.5 Å². The van der Waals surface area contributed by atoms with E-state index in [4.69, 9.17) is 0 Å². The summed E-state index contributed by atoms with van der Waals surface area (Å²) in [4.78, 5) is 32.4. The average molecular weight is 215 g/mol. The van der Waals surface area contributed by atoms with Gasteiger partial charge in [0, 0.05) is 0 Å². The average Bonchev–Trinajstić information content (AvgIpc) is 2.09. The second-order valence-electron chi connectivity index (χ2n) is 2.31. The van der Waals surface area contributed by atoms with Crippen molar-refractivity contribution in [3.8, 4) is 0 Å². The number of hydrogen-bond donors (Lipinski definition) is 0. The Morgan fingerprint density at radius 1 is 1.60 bits per heavy atom. The molecule has 0 N–H and O–H groups in total. The maximum absolute atomic E-state index is 10.9. The molecule has 1 unspecified atom stereocenters. The maximum atomic E-state index is 10.9. The van der Waals surface area contributed by atoms with Crippen molar-refractivity contribution in [2.24, 2.45) is 0 Å². The van der Waals surface area contributed by atoms with Gasteiger partial charge in [0.2, 0.25) is 0 Å². The van der Waals surface area contributed by atoms with Crippen molar-refractivity contribution in [1.82, 2.24) is 4.90 Å². The number of nitrogens with zero attached hydrogens (tertiary/aromatic N) is 1. The Balaban J connectivity index is 2.83. The Morgan fingerprint density at radius 3 is 2.40 bits per heavy atom. The molecule has 0 bridgehead atoms. The number of imide groups is 3. The van der Waals surface area contributed by atoms with Gasteiger partial charge in [0.15, 0.2) is 0 Å². The fraction of sp³-hybridized carbons (Fsp3) is 0.400. The first kappa shape index (κ1) is 8.39. The summed E-state index contributed by atoms with van der Waals surface area (Å²) < 4.78 is -0.112. The van der Waals surface area contributed by atoms with Gasteiger partial charge in [-0.15, -0.1) is 0 Å². The Bertz CT molecular complexity index is 203. The molecule has 0 saturated carbocycles. The molecule has 1 heterocycles. The molecule has 10 heavy (non-hydrogen) atoms. The zero-order chi connectivity index (χ0) is 7.72. The van der Waals surface area contributed by atoms with Crippen LogP contribution in [0.2, 0.25) is 0.889 Å². The predicted octanol–water partition coefficient (Wildman–Crippen LogP) is -1.41. The fourth-order valence-electron chi connectivity index (χ4n) is 0.919. The molecule has 0 aliphatic carbocycles. The molecule has 1 aliphatic heterocycles. The van der Waals surface area contributed by atoms with Gasteiger partial charge >= 0.3 is 88.1 Å². The van der Waals surface area contributed by atoms with Crippen molar-refractivity contribution in [3.63, 3.8) is 0 Å². The Kier molecular flexibility index (Phi) is 2.62. The van der Waals surface area contributed by atoms with Crippen LogP contribution >= 0.6 is 0 Å². The van der Waals surface area contributed by atoms with Crippen LogP contribution in [0.5, 0.6) is 0 Å². The van der Waals surface area contributed by atoms with Crippen molar-refractivity contribution >= 4 is 61.5 Å². The van der Waals surface area contributed by atoms with Gasteiger partial charge in [-0.25, -0.2) is 0 Å². The standard InChI is InChI=1S/C5H4NO3.Sr.H/c7-3-6-4(8)1-2-5(6)9;;/h1,3H,2H2;;. The van der Waals surface area contributed by atoms with E-state index in [2.05, 4.69) is 0 Å². The molecule has 4 nitrogen and oxygen atoms in total. The number of rotatable bonds is 1. The van der Waals surface area contributed by atoms with Gasteiger partial charge in [-0.1, -0.05) is 0 Å². The molecule has 0 aromatic carbocycles. The van der Waals surface area contributed by atoms with Gasteiger partial charge in [-0.2, -0.15) is 0 Å². The third kappa shape index (κ3) is 1.32.